The molecule has 0 saturated heterocycles. The first-order valence-corrected chi connectivity index (χ1v) is 9.83. The largest absolute Gasteiger partial charge is 0.471 e. The fourth-order valence-corrected chi connectivity index (χ4v) is 2.98. The third-order valence-corrected chi connectivity index (χ3v) is 6.89. The first kappa shape index (κ1) is 19.3. The molecule has 7 nitrogen and oxygen atoms in total. The highest BCUT2D eigenvalue weighted by molar-refractivity contribution is 7.94. The van der Waals surface area contributed by atoms with E-state index < -0.39 is 26.5 Å². The number of aromatic nitrogens is 4. The van der Waals surface area contributed by atoms with Crippen LogP contribution in [0.5, 0.6) is 0 Å². The van der Waals surface area contributed by atoms with E-state index in [2.05, 4.69) is 24.0 Å². The smallest absolute Gasteiger partial charge is 0.329 e. The second-order valence-corrected chi connectivity index (χ2v) is 10.1. The van der Waals surface area contributed by atoms with Crippen molar-refractivity contribution in [1.29, 1.82) is 0 Å². The molecule has 1 unspecified atom stereocenters. The maximum absolute atomic E-state index is 12.9. The van der Waals surface area contributed by atoms with E-state index in [1.165, 1.54) is 12.1 Å². The van der Waals surface area contributed by atoms with Crippen molar-refractivity contribution in [1.82, 2.24) is 19.5 Å². The lowest BCUT2D eigenvalue weighted by Crippen LogP contribution is -2.26. The minimum absolute atomic E-state index is 0.196. The molecule has 0 saturated carbocycles. The summed E-state index contributed by atoms with van der Waals surface area (Å²) in [6.07, 6.45) is -1.55. The van der Waals surface area contributed by atoms with Gasteiger partial charge >= 0.3 is 12.1 Å². The van der Waals surface area contributed by atoms with Crippen molar-refractivity contribution < 1.29 is 21.9 Å². The molecule has 0 aliphatic carbocycles. The average molecular weight is 401 g/mol. The van der Waals surface area contributed by atoms with Crippen LogP contribution in [0.25, 0.3) is 17.0 Å². The van der Waals surface area contributed by atoms with Crippen LogP contribution in [0.2, 0.25) is 0 Å². The number of hydrogen-bond donors (Lipinski definition) is 0. The van der Waals surface area contributed by atoms with Gasteiger partial charge in [0.25, 0.3) is 0 Å². The zero-order valence-corrected chi connectivity index (χ0v) is 16.1. The summed E-state index contributed by atoms with van der Waals surface area (Å²) in [6.45, 7) is 7.23. The second kappa shape index (κ2) is 6.04. The summed E-state index contributed by atoms with van der Waals surface area (Å²) >= 11 is 0. The van der Waals surface area contributed by atoms with Crippen LogP contribution in [-0.4, -0.2) is 34.7 Å². The molecule has 3 aromatic heterocycles. The van der Waals surface area contributed by atoms with Gasteiger partial charge in [0.2, 0.25) is 5.82 Å². The molecule has 3 heterocycles. The monoisotopic (exact) mass is 401 g/mol. The Kier molecular flexibility index (Phi) is 4.33. The molecule has 11 heteroatoms. The third-order valence-electron chi connectivity index (χ3n) is 4.09. The molecule has 0 aliphatic rings. The van der Waals surface area contributed by atoms with Crippen molar-refractivity contribution >= 4 is 21.2 Å². The maximum atomic E-state index is 12.9. The molecule has 146 valence electrons. The summed E-state index contributed by atoms with van der Waals surface area (Å²) in [6, 6.07) is 3.04. The number of alkyl halides is 3. The molecule has 0 fully saturated rings. The third kappa shape index (κ3) is 3.55. The molecule has 0 aromatic carbocycles. The van der Waals surface area contributed by atoms with Gasteiger partial charge in [-0.15, -0.1) is 0 Å². The van der Waals surface area contributed by atoms with Gasteiger partial charge in [-0.05, 0) is 39.8 Å². The van der Waals surface area contributed by atoms with Crippen molar-refractivity contribution in [3.8, 4) is 11.4 Å². The van der Waals surface area contributed by atoms with E-state index >= 15 is 0 Å². The summed E-state index contributed by atoms with van der Waals surface area (Å²) < 4.78 is 60.6. The highest BCUT2D eigenvalue weighted by atomic mass is 32.2. The standard InChI is InChI=1S/C16H18F3N5O2S/c1-9-13(23-27(5,25)15(2,3)4)24-7-6-10(8-11(24)20-9)12-21-14(26-22-12)16(17,18)19/h6-8H,1-5H3. The molecule has 1 atom stereocenters. The van der Waals surface area contributed by atoms with Gasteiger partial charge < -0.3 is 4.52 Å². The second-order valence-electron chi connectivity index (χ2n) is 7.09. The number of imidazole rings is 1. The van der Waals surface area contributed by atoms with E-state index in [1.54, 1.807) is 23.8 Å². The fourth-order valence-electron chi connectivity index (χ4n) is 2.16. The van der Waals surface area contributed by atoms with E-state index in [4.69, 9.17) is 0 Å². The molecular formula is C16H18F3N5O2S. The number of rotatable bonds is 2. The van der Waals surface area contributed by atoms with Crippen molar-refractivity contribution in [3.05, 3.63) is 29.9 Å². The van der Waals surface area contributed by atoms with E-state index in [1.807, 2.05) is 20.8 Å². The molecule has 0 bridgehead atoms. The highest BCUT2D eigenvalue weighted by Gasteiger charge is 2.38. The molecule has 0 aliphatic heterocycles. The Morgan fingerprint density at radius 1 is 1.22 bits per heavy atom. The normalized spacial score (nSPS) is 15.1. The van der Waals surface area contributed by atoms with Gasteiger partial charge in [0.1, 0.15) is 5.65 Å². The number of nitrogens with zero attached hydrogens (tertiary/aromatic N) is 5. The van der Waals surface area contributed by atoms with E-state index in [0.717, 1.165) is 0 Å². The van der Waals surface area contributed by atoms with Crippen LogP contribution in [0.3, 0.4) is 0 Å². The minimum atomic E-state index is -4.71. The predicted molar refractivity (Wildman–Crippen MR) is 94.1 cm³/mol. The number of pyridine rings is 1. The Labute approximate surface area is 153 Å². The van der Waals surface area contributed by atoms with Crippen LogP contribution >= 0.6 is 0 Å². The summed E-state index contributed by atoms with van der Waals surface area (Å²) in [5.74, 6) is -1.18. The molecule has 3 rings (SSSR count). The van der Waals surface area contributed by atoms with Crippen molar-refractivity contribution in [2.45, 2.75) is 38.6 Å². The summed E-state index contributed by atoms with van der Waals surface area (Å²) in [7, 11) is -2.56. The lowest BCUT2D eigenvalue weighted by Gasteiger charge is -2.20. The zero-order valence-electron chi connectivity index (χ0n) is 15.3. The first-order chi connectivity index (χ1) is 12.3. The van der Waals surface area contributed by atoms with Crippen LogP contribution in [-0.2, 0) is 15.9 Å². The summed E-state index contributed by atoms with van der Waals surface area (Å²) in [5.41, 5.74) is 1.28. The molecule has 0 N–H and O–H groups in total. The SMILES string of the molecule is Cc1nc2cc(-c3noc(C(F)(F)F)n3)ccn2c1N=S(C)(=O)C(C)(C)C. The van der Waals surface area contributed by atoms with Gasteiger partial charge in [-0.2, -0.15) is 22.5 Å². The lowest BCUT2D eigenvalue weighted by atomic mass is 10.2. The zero-order chi connectivity index (χ0) is 20.2. The minimum Gasteiger partial charge on any atom is -0.329 e. The van der Waals surface area contributed by atoms with Gasteiger partial charge in [-0.25, -0.2) is 9.19 Å². The van der Waals surface area contributed by atoms with Gasteiger partial charge in [0.15, 0.2) is 5.82 Å². The van der Waals surface area contributed by atoms with Gasteiger partial charge in [0, 0.05) is 22.8 Å². The van der Waals surface area contributed by atoms with Gasteiger partial charge in [0.05, 0.1) is 15.4 Å². The molecule has 3 aromatic rings. The predicted octanol–water partition coefficient (Wildman–Crippen LogP) is 4.24. The van der Waals surface area contributed by atoms with Crippen molar-refractivity contribution in [3.63, 3.8) is 0 Å². The molecular weight excluding hydrogens is 383 g/mol. The molecule has 0 spiro atoms. The Morgan fingerprint density at radius 3 is 2.44 bits per heavy atom. The molecule has 27 heavy (non-hydrogen) atoms. The Hall–Kier alpha value is -2.43. The van der Waals surface area contributed by atoms with Gasteiger partial charge in [-0.3, -0.25) is 4.40 Å². The van der Waals surface area contributed by atoms with E-state index in [0.29, 0.717) is 22.7 Å². The van der Waals surface area contributed by atoms with Crippen LogP contribution in [0, 0.1) is 6.92 Å². The van der Waals surface area contributed by atoms with Gasteiger partial charge in [-0.1, -0.05) is 5.16 Å². The Morgan fingerprint density at radius 2 is 1.89 bits per heavy atom. The maximum Gasteiger partial charge on any atom is 0.471 e. The van der Waals surface area contributed by atoms with E-state index in [9.17, 15) is 17.4 Å². The topological polar surface area (TPSA) is 85.7 Å². The number of halogens is 3. The summed E-state index contributed by atoms with van der Waals surface area (Å²) in [4.78, 5) is 7.73. The Balaban J connectivity index is 2.11. The summed E-state index contributed by atoms with van der Waals surface area (Å²) in [5, 5.41) is 3.37. The lowest BCUT2D eigenvalue weighted by molar-refractivity contribution is -0.159. The van der Waals surface area contributed by atoms with Crippen LogP contribution < -0.4 is 0 Å². The van der Waals surface area contributed by atoms with Crippen LogP contribution in [0.15, 0.2) is 27.2 Å². The van der Waals surface area contributed by atoms with Crippen LogP contribution in [0.1, 0.15) is 32.4 Å². The first-order valence-electron chi connectivity index (χ1n) is 7.91. The Bertz CT molecular complexity index is 1130. The number of aryl methyl sites for hydroxylation is 1. The average Bonchev–Trinajstić information content (AvgIpc) is 3.11. The van der Waals surface area contributed by atoms with Crippen molar-refractivity contribution in [2.75, 3.05) is 6.26 Å². The van der Waals surface area contributed by atoms with Crippen LogP contribution in [0.4, 0.5) is 19.0 Å². The highest BCUT2D eigenvalue weighted by Crippen LogP contribution is 2.31. The van der Waals surface area contributed by atoms with E-state index in [-0.39, 0.29) is 5.82 Å². The fraction of sp³-hybridized carbons (Fsp3) is 0.438. The molecule has 0 radical (unpaired) electrons. The molecule has 0 amide bonds. The number of hydrogen-bond acceptors (Lipinski definition) is 6. The quantitative estimate of drug-likeness (QED) is 0.641. The number of fused-ring (bicyclic) bond motifs is 1. The van der Waals surface area contributed by atoms with Crippen molar-refractivity contribution in [2.24, 2.45) is 4.36 Å².